The molecule has 0 saturated heterocycles. The highest BCUT2D eigenvalue weighted by atomic mass is 16.4. The number of amides is 3. The summed E-state index contributed by atoms with van der Waals surface area (Å²) in [6.07, 6.45) is 0.668. The molecule has 0 aliphatic rings. The number of hydrogen-bond donors (Lipinski definition) is 8. The zero-order valence-electron chi connectivity index (χ0n) is 19.2. The first-order valence-corrected chi connectivity index (χ1v) is 10.6. The van der Waals surface area contributed by atoms with Crippen molar-refractivity contribution in [2.45, 2.75) is 63.7 Å². The van der Waals surface area contributed by atoms with Gasteiger partial charge < -0.3 is 42.0 Å². The highest BCUT2D eigenvalue weighted by molar-refractivity contribution is 5.95. The molecule has 0 spiro atoms. The topological polar surface area (TPSA) is 254 Å². The lowest BCUT2D eigenvalue weighted by atomic mass is 10.0. The number of carbonyl (C=O) groups is 6. The second-order valence-electron chi connectivity index (χ2n) is 8.10. The van der Waals surface area contributed by atoms with E-state index in [4.69, 9.17) is 15.9 Å². The lowest BCUT2D eigenvalue weighted by Gasteiger charge is -2.25. The molecule has 0 aromatic carbocycles. The van der Waals surface area contributed by atoms with Crippen molar-refractivity contribution in [3.63, 3.8) is 0 Å². The van der Waals surface area contributed by atoms with E-state index in [-0.39, 0.29) is 18.8 Å². The average Bonchev–Trinajstić information content (AvgIpc) is 3.27. The van der Waals surface area contributed by atoms with E-state index >= 15 is 0 Å². The first kappa shape index (κ1) is 29.0. The smallest absolute Gasteiger partial charge is 0.326 e. The van der Waals surface area contributed by atoms with Crippen molar-refractivity contribution in [1.29, 1.82) is 0 Å². The first-order valence-electron chi connectivity index (χ1n) is 10.6. The normalized spacial score (nSPS) is 14.3. The maximum absolute atomic E-state index is 12.8. The third-order valence-corrected chi connectivity index (χ3v) is 4.91. The summed E-state index contributed by atoms with van der Waals surface area (Å²) in [4.78, 5) is 78.0. The van der Waals surface area contributed by atoms with Crippen LogP contribution in [0.3, 0.4) is 0 Å². The van der Waals surface area contributed by atoms with Crippen molar-refractivity contribution < 1.29 is 44.1 Å². The summed E-state index contributed by atoms with van der Waals surface area (Å²) >= 11 is 0. The minimum atomic E-state index is -1.72. The minimum absolute atomic E-state index is 0.195. The largest absolute Gasteiger partial charge is 0.481 e. The van der Waals surface area contributed by atoms with Crippen molar-refractivity contribution >= 4 is 35.6 Å². The van der Waals surface area contributed by atoms with Crippen LogP contribution in [0, 0.1) is 5.92 Å². The van der Waals surface area contributed by atoms with Gasteiger partial charge in [0.2, 0.25) is 17.7 Å². The molecule has 1 rings (SSSR count). The van der Waals surface area contributed by atoms with Crippen molar-refractivity contribution in [1.82, 2.24) is 25.9 Å². The van der Waals surface area contributed by atoms with Crippen molar-refractivity contribution in [3.8, 4) is 0 Å². The van der Waals surface area contributed by atoms with Gasteiger partial charge in [-0.25, -0.2) is 9.78 Å². The summed E-state index contributed by atoms with van der Waals surface area (Å²) in [7, 11) is 0. The van der Waals surface area contributed by atoms with Crippen LogP contribution in [-0.2, 0) is 35.2 Å². The van der Waals surface area contributed by atoms with E-state index in [0.717, 1.165) is 0 Å². The molecule has 0 fully saturated rings. The summed E-state index contributed by atoms with van der Waals surface area (Å²) in [5.41, 5.74) is 6.14. The fourth-order valence-corrected chi connectivity index (χ4v) is 2.85. The monoisotopic (exact) mass is 498 g/mol. The molecule has 4 unspecified atom stereocenters. The third-order valence-electron chi connectivity index (χ3n) is 4.91. The van der Waals surface area contributed by atoms with Gasteiger partial charge in [0.1, 0.15) is 18.1 Å². The van der Waals surface area contributed by atoms with Gasteiger partial charge in [-0.1, -0.05) is 13.8 Å². The summed E-state index contributed by atoms with van der Waals surface area (Å²) < 4.78 is 0. The number of aromatic amines is 1. The quantitative estimate of drug-likeness (QED) is 0.129. The molecule has 15 nitrogen and oxygen atoms in total. The van der Waals surface area contributed by atoms with Crippen LogP contribution in [0.1, 0.15) is 38.8 Å². The molecule has 0 bridgehead atoms. The van der Waals surface area contributed by atoms with E-state index in [1.54, 1.807) is 13.8 Å². The number of nitrogens with zero attached hydrogens (tertiary/aromatic N) is 1. The Hall–Kier alpha value is -4.01. The zero-order valence-corrected chi connectivity index (χ0v) is 19.2. The molecule has 4 atom stereocenters. The zero-order chi connectivity index (χ0) is 26.7. The maximum atomic E-state index is 12.8. The number of aromatic nitrogens is 2. The molecular formula is C20H30N6O9. The number of rotatable bonds is 15. The van der Waals surface area contributed by atoms with E-state index in [2.05, 4.69) is 25.9 Å². The molecule has 0 saturated carbocycles. The van der Waals surface area contributed by atoms with Gasteiger partial charge in [0.05, 0.1) is 18.8 Å². The minimum Gasteiger partial charge on any atom is -0.481 e. The number of nitrogens with two attached hydrogens (primary N) is 1. The van der Waals surface area contributed by atoms with Crippen LogP contribution in [0.25, 0.3) is 0 Å². The molecule has 35 heavy (non-hydrogen) atoms. The van der Waals surface area contributed by atoms with Crippen molar-refractivity contribution in [2.24, 2.45) is 11.7 Å². The summed E-state index contributed by atoms with van der Waals surface area (Å²) in [6.45, 7) is 3.32. The van der Waals surface area contributed by atoms with E-state index in [1.165, 1.54) is 12.5 Å². The van der Waals surface area contributed by atoms with Crippen LogP contribution >= 0.6 is 0 Å². The van der Waals surface area contributed by atoms with Gasteiger partial charge in [-0.15, -0.1) is 0 Å². The van der Waals surface area contributed by atoms with E-state index < -0.39 is 72.6 Å². The number of nitrogens with one attached hydrogen (secondary N) is 4. The number of hydrogen-bond acceptors (Lipinski definition) is 8. The Morgan fingerprint density at radius 1 is 0.914 bits per heavy atom. The molecule has 0 radical (unpaired) electrons. The standard InChI is InChI=1S/C20H30N6O9/c1-9(2)16(21)19(33)24-11(3-4-14(27)28)17(31)25-12(6-15(29)30)18(32)26-13(20(34)35)5-10-7-22-8-23-10/h7-9,11-13,16H,3-6,21H2,1-2H3,(H,22,23)(H,24,33)(H,25,31)(H,26,32)(H,27,28)(H,29,30)(H,34,35). The predicted molar refractivity (Wildman–Crippen MR) is 118 cm³/mol. The molecule has 9 N–H and O–H groups in total. The van der Waals surface area contributed by atoms with Gasteiger partial charge in [0.25, 0.3) is 0 Å². The molecule has 0 aliphatic heterocycles. The predicted octanol–water partition coefficient (Wildman–Crippen LogP) is -2.19. The molecule has 15 heteroatoms. The van der Waals surface area contributed by atoms with Gasteiger partial charge in [0.15, 0.2) is 0 Å². The van der Waals surface area contributed by atoms with Crippen LogP contribution in [0.4, 0.5) is 0 Å². The highest BCUT2D eigenvalue weighted by Crippen LogP contribution is 2.06. The fourth-order valence-electron chi connectivity index (χ4n) is 2.85. The lowest BCUT2D eigenvalue weighted by Crippen LogP contribution is -2.58. The van der Waals surface area contributed by atoms with Crippen LogP contribution in [0.2, 0.25) is 0 Å². The molecular weight excluding hydrogens is 468 g/mol. The molecule has 1 aromatic heterocycles. The van der Waals surface area contributed by atoms with Gasteiger partial charge in [0, 0.05) is 24.7 Å². The number of aliphatic carboxylic acids is 3. The van der Waals surface area contributed by atoms with Crippen LogP contribution in [0.5, 0.6) is 0 Å². The number of H-pyrrole nitrogens is 1. The van der Waals surface area contributed by atoms with Crippen LogP contribution in [0.15, 0.2) is 12.5 Å². The average molecular weight is 498 g/mol. The van der Waals surface area contributed by atoms with Gasteiger partial charge in [-0.3, -0.25) is 24.0 Å². The van der Waals surface area contributed by atoms with Gasteiger partial charge in [-0.2, -0.15) is 0 Å². The molecule has 0 aliphatic carbocycles. The van der Waals surface area contributed by atoms with E-state index in [0.29, 0.717) is 5.69 Å². The Balaban J connectivity index is 3.02. The van der Waals surface area contributed by atoms with Crippen LogP contribution in [-0.4, -0.2) is 85.1 Å². The Morgan fingerprint density at radius 2 is 1.49 bits per heavy atom. The van der Waals surface area contributed by atoms with E-state index in [9.17, 15) is 33.9 Å². The number of carbonyl (C=O) groups excluding carboxylic acids is 3. The number of carboxylic acids is 3. The Kier molecular flexibility index (Phi) is 11.3. The first-order chi connectivity index (χ1) is 16.3. The summed E-state index contributed by atoms with van der Waals surface area (Å²) in [5.74, 6) is -7.32. The summed E-state index contributed by atoms with van der Waals surface area (Å²) in [6, 6.07) is -5.63. The van der Waals surface area contributed by atoms with Crippen molar-refractivity contribution in [3.05, 3.63) is 18.2 Å². The molecule has 194 valence electrons. The Morgan fingerprint density at radius 3 is 1.97 bits per heavy atom. The second-order valence-corrected chi connectivity index (χ2v) is 8.10. The second kappa shape index (κ2) is 13.6. The SMILES string of the molecule is CC(C)C(N)C(=O)NC(CCC(=O)O)C(=O)NC(CC(=O)O)C(=O)NC(Cc1cnc[nH]1)C(=O)O. The molecule has 1 heterocycles. The lowest BCUT2D eigenvalue weighted by molar-refractivity contribution is -0.143. The summed E-state index contributed by atoms with van der Waals surface area (Å²) in [5, 5.41) is 34.2. The number of imidazole rings is 1. The highest BCUT2D eigenvalue weighted by Gasteiger charge is 2.32. The van der Waals surface area contributed by atoms with Gasteiger partial charge in [-0.05, 0) is 12.3 Å². The van der Waals surface area contributed by atoms with Gasteiger partial charge >= 0.3 is 17.9 Å². The third kappa shape index (κ3) is 10.2. The maximum Gasteiger partial charge on any atom is 0.326 e. The Labute approximate surface area is 199 Å². The molecule has 1 aromatic rings. The Bertz CT molecular complexity index is 918. The van der Waals surface area contributed by atoms with Crippen molar-refractivity contribution in [2.75, 3.05) is 0 Å². The van der Waals surface area contributed by atoms with E-state index in [1.807, 2.05) is 0 Å². The molecule has 3 amide bonds. The number of carboxylic acid groups (broad SMARTS) is 3. The van der Waals surface area contributed by atoms with Crippen LogP contribution < -0.4 is 21.7 Å². The fraction of sp³-hybridized carbons (Fsp3) is 0.550.